The third-order valence-corrected chi connectivity index (χ3v) is 2.57. The summed E-state index contributed by atoms with van der Waals surface area (Å²) in [4.78, 5) is 12.2. The Labute approximate surface area is 92.3 Å². The lowest BCUT2D eigenvalue weighted by molar-refractivity contribution is -0.141. The molecule has 1 aromatic rings. The van der Waals surface area contributed by atoms with E-state index < -0.39 is 5.97 Å². The summed E-state index contributed by atoms with van der Waals surface area (Å²) in [6, 6.07) is 1.77. The van der Waals surface area contributed by atoms with Crippen molar-refractivity contribution in [3.05, 3.63) is 22.1 Å². The summed E-state index contributed by atoms with van der Waals surface area (Å²) in [6.07, 6.45) is 1.58. The maximum Gasteiger partial charge on any atom is 0.373 e. The van der Waals surface area contributed by atoms with Gasteiger partial charge in [0, 0.05) is 11.8 Å². The van der Waals surface area contributed by atoms with Gasteiger partial charge in [-0.1, -0.05) is 0 Å². The summed E-state index contributed by atoms with van der Waals surface area (Å²) in [5.74, 6) is -0.321. The van der Waals surface area contributed by atoms with E-state index in [9.17, 15) is 4.79 Å². The van der Waals surface area contributed by atoms with Gasteiger partial charge in [-0.05, 0) is 18.4 Å². The van der Waals surface area contributed by atoms with Gasteiger partial charge in [-0.25, -0.2) is 4.79 Å². The molecule has 82 valence electrons. The number of esters is 1. The fourth-order valence-corrected chi connectivity index (χ4v) is 1.71. The Morgan fingerprint density at radius 1 is 1.67 bits per heavy atom. The first-order chi connectivity index (χ1) is 7.19. The zero-order valence-corrected chi connectivity index (χ0v) is 9.47. The molecular weight excluding hydrogens is 214 g/mol. The number of methoxy groups -OCH3 is 1. The molecule has 0 aliphatic rings. The van der Waals surface area contributed by atoms with Gasteiger partial charge in [0.2, 0.25) is 5.76 Å². The molecule has 0 bridgehead atoms. The fourth-order valence-electron chi connectivity index (χ4n) is 0.971. The van der Waals surface area contributed by atoms with E-state index in [1.165, 1.54) is 18.4 Å². The first kappa shape index (κ1) is 11.6. The topological polar surface area (TPSA) is 61.5 Å². The molecule has 0 aromatic carbocycles. The summed E-state index contributed by atoms with van der Waals surface area (Å²) in [6.45, 7) is 2.06. The minimum atomic E-state index is -0.479. The molecule has 0 atom stereocenters. The Morgan fingerprint density at radius 3 is 2.87 bits per heavy atom. The van der Waals surface area contributed by atoms with Crippen molar-refractivity contribution >= 4 is 29.1 Å². The number of hydrogen-bond acceptors (Lipinski definition) is 5. The number of hydrogen-bond donors (Lipinski definition) is 1. The molecule has 0 saturated carbocycles. The van der Waals surface area contributed by atoms with Gasteiger partial charge in [0.25, 0.3) is 0 Å². The predicted molar refractivity (Wildman–Crippen MR) is 60.4 cm³/mol. The van der Waals surface area contributed by atoms with Gasteiger partial charge in [-0.2, -0.15) is 0 Å². The smallest absolute Gasteiger partial charge is 0.373 e. The lowest BCUT2D eigenvalue weighted by Gasteiger charge is -2.04. The third-order valence-electron chi connectivity index (χ3n) is 1.69. The molecule has 4 nitrogen and oxygen atoms in total. The van der Waals surface area contributed by atoms with Crippen LogP contribution < -0.4 is 5.73 Å². The van der Waals surface area contributed by atoms with Crippen LogP contribution in [-0.2, 0) is 14.3 Å². The minimum Gasteiger partial charge on any atom is -0.490 e. The number of anilines is 1. The van der Waals surface area contributed by atoms with Crippen LogP contribution >= 0.6 is 11.3 Å². The molecule has 0 unspecified atom stereocenters. The van der Waals surface area contributed by atoms with Gasteiger partial charge >= 0.3 is 5.97 Å². The van der Waals surface area contributed by atoms with Gasteiger partial charge in [0.15, 0.2) is 0 Å². The predicted octanol–water partition coefficient (Wildman–Crippen LogP) is 1.88. The highest BCUT2D eigenvalue weighted by Gasteiger charge is 2.11. The number of carbonyl (C=O) groups excluding carboxylic acids is 1. The van der Waals surface area contributed by atoms with Crippen LogP contribution in [0.1, 0.15) is 11.8 Å². The molecule has 0 aliphatic carbocycles. The summed E-state index contributed by atoms with van der Waals surface area (Å²) < 4.78 is 9.75. The van der Waals surface area contributed by atoms with Gasteiger partial charge < -0.3 is 15.2 Å². The van der Waals surface area contributed by atoms with Gasteiger partial charge in [0.1, 0.15) is 0 Å². The van der Waals surface area contributed by atoms with Crippen LogP contribution in [0.2, 0.25) is 0 Å². The summed E-state index contributed by atoms with van der Waals surface area (Å²) in [5.41, 5.74) is 6.30. The van der Waals surface area contributed by atoms with Crippen molar-refractivity contribution in [1.82, 2.24) is 0 Å². The number of nitrogens with two attached hydrogens (primary N) is 1. The third kappa shape index (κ3) is 2.99. The van der Waals surface area contributed by atoms with Crippen LogP contribution in [0.15, 0.2) is 17.2 Å². The molecule has 0 amide bonds. The van der Waals surface area contributed by atoms with Crippen LogP contribution in [0.25, 0.3) is 6.08 Å². The molecule has 15 heavy (non-hydrogen) atoms. The monoisotopic (exact) mass is 227 g/mol. The number of thiophene rings is 1. The lowest BCUT2D eigenvalue weighted by Crippen LogP contribution is -2.08. The fraction of sp³-hybridized carbons (Fsp3) is 0.300. The van der Waals surface area contributed by atoms with Crippen molar-refractivity contribution in [3.8, 4) is 0 Å². The highest BCUT2D eigenvalue weighted by molar-refractivity contribution is 7.11. The highest BCUT2D eigenvalue weighted by Crippen LogP contribution is 2.22. The Kier molecular flexibility index (Phi) is 4.17. The molecule has 0 saturated heterocycles. The lowest BCUT2D eigenvalue weighted by atomic mass is 10.3. The van der Waals surface area contributed by atoms with E-state index in [4.69, 9.17) is 15.2 Å². The average Bonchev–Trinajstić information content (AvgIpc) is 2.61. The van der Waals surface area contributed by atoms with Crippen LogP contribution in [0, 0.1) is 0 Å². The Balaban J connectivity index is 2.87. The number of nitrogen functional groups attached to an aromatic ring is 1. The van der Waals surface area contributed by atoms with E-state index >= 15 is 0 Å². The molecule has 1 heterocycles. The van der Waals surface area contributed by atoms with Crippen LogP contribution in [0.5, 0.6) is 0 Å². The van der Waals surface area contributed by atoms with Gasteiger partial charge in [0.05, 0.1) is 18.6 Å². The molecule has 2 N–H and O–H groups in total. The molecule has 1 rings (SSSR count). The molecule has 0 fully saturated rings. The van der Waals surface area contributed by atoms with E-state index in [1.54, 1.807) is 19.1 Å². The number of carbonyl (C=O) groups is 1. The molecule has 0 spiro atoms. The van der Waals surface area contributed by atoms with Crippen LogP contribution in [0.4, 0.5) is 5.69 Å². The van der Waals surface area contributed by atoms with Crippen molar-refractivity contribution < 1.29 is 14.3 Å². The Hall–Kier alpha value is -1.49. The standard InChI is InChI=1S/C10H13NO3S/c1-3-14-10(12)8(13-2)6-9-7(11)4-5-15-9/h4-6H,3,11H2,1-2H3/b8-6-. The molecule has 0 aliphatic heterocycles. The van der Waals surface area contributed by atoms with Crippen molar-refractivity contribution in [1.29, 1.82) is 0 Å². The maximum atomic E-state index is 11.4. The largest absolute Gasteiger partial charge is 0.490 e. The SMILES string of the molecule is CCOC(=O)/C(=C/c1sccc1N)OC. The molecule has 1 aromatic heterocycles. The van der Waals surface area contributed by atoms with Crippen molar-refractivity contribution in [2.75, 3.05) is 19.5 Å². The summed E-state index contributed by atoms with van der Waals surface area (Å²) >= 11 is 1.44. The van der Waals surface area contributed by atoms with Crippen molar-refractivity contribution in [2.45, 2.75) is 6.92 Å². The van der Waals surface area contributed by atoms with Crippen molar-refractivity contribution in [3.63, 3.8) is 0 Å². The minimum absolute atomic E-state index is 0.158. The quantitative estimate of drug-likeness (QED) is 0.484. The zero-order chi connectivity index (χ0) is 11.3. The second-order valence-corrected chi connectivity index (χ2v) is 3.62. The first-order valence-electron chi connectivity index (χ1n) is 4.44. The molecular formula is C10H13NO3S. The van der Waals surface area contributed by atoms with Crippen LogP contribution in [-0.4, -0.2) is 19.7 Å². The van der Waals surface area contributed by atoms with Crippen LogP contribution in [0.3, 0.4) is 0 Å². The zero-order valence-electron chi connectivity index (χ0n) is 8.65. The molecule has 0 radical (unpaired) electrons. The van der Waals surface area contributed by atoms with Gasteiger partial charge in [-0.15, -0.1) is 11.3 Å². The van der Waals surface area contributed by atoms with E-state index in [1.807, 2.05) is 5.38 Å². The normalized spacial score (nSPS) is 11.2. The average molecular weight is 227 g/mol. The van der Waals surface area contributed by atoms with E-state index in [0.717, 1.165) is 4.88 Å². The number of rotatable bonds is 4. The second kappa shape index (κ2) is 5.41. The Bertz CT molecular complexity index is 370. The number of ether oxygens (including phenoxy) is 2. The molecule has 5 heteroatoms. The first-order valence-corrected chi connectivity index (χ1v) is 5.32. The summed E-state index contributed by atoms with van der Waals surface area (Å²) in [7, 11) is 1.42. The van der Waals surface area contributed by atoms with E-state index in [2.05, 4.69) is 0 Å². The maximum absolute atomic E-state index is 11.4. The van der Waals surface area contributed by atoms with E-state index in [-0.39, 0.29) is 5.76 Å². The second-order valence-electron chi connectivity index (χ2n) is 2.67. The Morgan fingerprint density at radius 2 is 2.40 bits per heavy atom. The van der Waals surface area contributed by atoms with E-state index in [0.29, 0.717) is 12.3 Å². The van der Waals surface area contributed by atoms with Crippen molar-refractivity contribution in [2.24, 2.45) is 0 Å². The highest BCUT2D eigenvalue weighted by atomic mass is 32.1. The summed E-state index contributed by atoms with van der Waals surface area (Å²) in [5, 5.41) is 1.85. The van der Waals surface area contributed by atoms with Gasteiger partial charge in [-0.3, -0.25) is 0 Å².